The van der Waals surface area contributed by atoms with Crippen LogP contribution < -0.4 is 4.90 Å². The zero-order valence-corrected chi connectivity index (χ0v) is 17.6. The van der Waals surface area contributed by atoms with E-state index < -0.39 is 11.7 Å². The standard InChI is InChI=1S/C25H25F3N2/c1-5-12-30-23-11-6-18(14-22(23)17(2)15-24(30,3)4)13-20(16-29)19-7-9-21(10-8-19)25(26,27)28/h6-11,13-15H,5,12H2,1-4H3/b20-13+. The van der Waals surface area contributed by atoms with Crippen molar-refractivity contribution in [2.45, 2.75) is 45.8 Å². The van der Waals surface area contributed by atoms with Gasteiger partial charge in [0.1, 0.15) is 0 Å². The smallest absolute Gasteiger partial charge is 0.362 e. The second kappa shape index (κ2) is 8.02. The van der Waals surface area contributed by atoms with E-state index in [1.165, 1.54) is 17.7 Å². The number of hydrogen-bond acceptors (Lipinski definition) is 2. The van der Waals surface area contributed by atoms with E-state index in [9.17, 15) is 18.4 Å². The van der Waals surface area contributed by atoms with Gasteiger partial charge in [0.05, 0.1) is 22.7 Å². The molecule has 2 nitrogen and oxygen atoms in total. The zero-order chi connectivity index (χ0) is 22.1. The maximum Gasteiger partial charge on any atom is 0.416 e. The van der Waals surface area contributed by atoms with Crippen molar-refractivity contribution >= 4 is 22.9 Å². The Balaban J connectivity index is 2.00. The minimum Gasteiger partial charge on any atom is -0.362 e. The van der Waals surface area contributed by atoms with Gasteiger partial charge in [-0.1, -0.05) is 31.2 Å². The second-order valence-electron chi connectivity index (χ2n) is 8.15. The van der Waals surface area contributed by atoms with E-state index in [1.807, 2.05) is 12.1 Å². The molecular formula is C25H25F3N2. The van der Waals surface area contributed by atoms with E-state index in [1.54, 1.807) is 6.08 Å². The van der Waals surface area contributed by atoms with Gasteiger partial charge in [-0.15, -0.1) is 0 Å². The van der Waals surface area contributed by atoms with Gasteiger partial charge >= 0.3 is 6.18 Å². The van der Waals surface area contributed by atoms with Crippen molar-refractivity contribution in [1.29, 1.82) is 5.26 Å². The summed E-state index contributed by atoms with van der Waals surface area (Å²) < 4.78 is 38.4. The molecule has 0 aromatic heterocycles. The molecule has 0 amide bonds. The molecule has 0 unspecified atom stereocenters. The molecule has 0 N–H and O–H groups in total. The van der Waals surface area contributed by atoms with Crippen LogP contribution in [0.5, 0.6) is 0 Å². The number of allylic oxidation sites excluding steroid dienone is 2. The highest BCUT2D eigenvalue weighted by Crippen LogP contribution is 2.40. The Kier molecular flexibility index (Phi) is 5.81. The normalized spacial score (nSPS) is 16.0. The van der Waals surface area contributed by atoms with Crippen LogP contribution in [0.4, 0.5) is 18.9 Å². The topological polar surface area (TPSA) is 27.0 Å². The lowest BCUT2D eigenvalue weighted by Gasteiger charge is -2.43. The van der Waals surface area contributed by atoms with Gasteiger partial charge in [-0.3, -0.25) is 0 Å². The van der Waals surface area contributed by atoms with Crippen molar-refractivity contribution in [3.8, 4) is 6.07 Å². The molecule has 156 valence electrons. The van der Waals surface area contributed by atoms with Crippen molar-refractivity contribution in [1.82, 2.24) is 0 Å². The number of benzene rings is 2. The summed E-state index contributed by atoms with van der Waals surface area (Å²) in [6.07, 6.45) is 0.610. The van der Waals surface area contributed by atoms with Crippen LogP contribution in [0.15, 0.2) is 48.5 Å². The van der Waals surface area contributed by atoms with Gasteiger partial charge in [-0.25, -0.2) is 0 Å². The summed E-state index contributed by atoms with van der Waals surface area (Å²) in [5.74, 6) is 0. The van der Waals surface area contributed by atoms with Crippen molar-refractivity contribution in [3.63, 3.8) is 0 Å². The van der Waals surface area contributed by atoms with E-state index >= 15 is 0 Å². The van der Waals surface area contributed by atoms with E-state index in [-0.39, 0.29) is 5.54 Å². The van der Waals surface area contributed by atoms with Crippen molar-refractivity contribution < 1.29 is 13.2 Å². The quantitative estimate of drug-likeness (QED) is 0.394. The first-order chi connectivity index (χ1) is 14.1. The summed E-state index contributed by atoms with van der Waals surface area (Å²) in [6, 6.07) is 12.9. The van der Waals surface area contributed by atoms with Gasteiger partial charge in [0.25, 0.3) is 0 Å². The van der Waals surface area contributed by atoms with Crippen LogP contribution in [0.25, 0.3) is 17.2 Å². The Labute approximate surface area is 175 Å². The van der Waals surface area contributed by atoms with E-state index in [0.717, 1.165) is 41.9 Å². The third-order valence-corrected chi connectivity index (χ3v) is 5.40. The van der Waals surface area contributed by atoms with Crippen molar-refractivity contribution in [2.24, 2.45) is 0 Å². The molecule has 0 radical (unpaired) electrons. The molecule has 1 aliphatic rings. The molecule has 1 heterocycles. The Morgan fingerprint density at radius 1 is 1.13 bits per heavy atom. The Hall–Kier alpha value is -3.00. The number of anilines is 1. The van der Waals surface area contributed by atoms with Crippen LogP contribution >= 0.6 is 0 Å². The van der Waals surface area contributed by atoms with Crippen LogP contribution in [-0.4, -0.2) is 12.1 Å². The molecule has 0 bridgehead atoms. The van der Waals surface area contributed by atoms with E-state index in [4.69, 9.17) is 0 Å². The fraction of sp³-hybridized carbons (Fsp3) is 0.320. The van der Waals surface area contributed by atoms with E-state index in [2.05, 4.69) is 50.8 Å². The molecule has 0 saturated carbocycles. The van der Waals surface area contributed by atoms with Gasteiger partial charge in [-0.05, 0) is 74.2 Å². The minimum atomic E-state index is -4.39. The summed E-state index contributed by atoms with van der Waals surface area (Å²) in [5.41, 5.74) is 4.27. The first-order valence-electron chi connectivity index (χ1n) is 9.98. The molecule has 5 heteroatoms. The second-order valence-corrected chi connectivity index (χ2v) is 8.15. The molecule has 2 aromatic rings. The predicted octanol–water partition coefficient (Wildman–Crippen LogP) is 7.18. The molecular weight excluding hydrogens is 385 g/mol. The van der Waals surface area contributed by atoms with Gasteiger partial charge in [-0.2, -0.15) is 18.4 Å². The molecule has 1 aliphatic heterocycles. The Morgan fingerprint density at radius 3 is 2.37 bits per heavy atom. The number of halogens is 3. The van der Waals surface area contributed by atoms with Crippen LogP contribution in [0.1, 0.15) is 56.4 Å². The Bertz CT molecular complexity index is 1040. The summed E-state index contributed by atoms with van der Waals surface area (Å²) in [6.45, 7) is 9.57. The third kappa shape index (κ3) is 4.28. The van der Waals surface area contributed by atoms with Crippen molar-refractivity contribution in [3.05, 3.63) is 70.8 Å². The van der Waals surface area contributed by atoms with E-state index in [0.29, 0.717) is 11.1 Å². The first kappa shape index (κ1) is 21.7. The number of hydrogen-bond donors (Lipinski definition) is 0. The monoisotopic (exact) mass is 410 g/mol. The van der Waals surface area contributed by atoms with Gasteiger partial charge in [0.15, 0.2) is 0 Å². The average molecular weight is 410 g/mol. The molecule has 2 aromatic carbocycles. The molecule has 3 rings (SSSR count). The molecule has 0 spiro atoms. The highest BCUT2D eigenvalue weighted by Gasteiger charge is 2.31. The highest BCUT2D eigenvalue weighted by atomic mass is 19.4. The summed E-state index contributed by atoms with van der Waals surface area (Å²) in [4.78, 5) is 2.38. The van der Waals surface area contributed by atoms with Gasteiger partial charge in [0, 0.05) is 17.8 Å². The lowest BCUT2D eigenvalue weighted by molar-refractivity contribution is -0.137. The SMILES string of the molecule is CCCN1c2ccc(/C=C(\C#N)c3ccc(C(F)(F)F)cc3)cc2C(C)=CC1(C)C. The molecule has 30 heavy (non-hydrogen) atoms. The summed E-state index contributed by atoms with van der Waals surface area (Å²) in [5, 5.41) is 9.58. The number of alkyl halides is 3. The van der Waals surface area contributed by atoms with Crippen LogP contribution in [-0.2, 0) is 6.18 Å². The number of nitrogens with zero attached hydrogens (tertiary/aromatic N) is 2. The van der Waals surface area contributed by atoms with Crippen LogP contribution in [0, 0.1) is 11.3 Å². The lowest BCUT2D eigenvalue weighted by Crippen LogP contribution is -2.45. The maximum absolute atomic E-state index is 12.8. The highest BCUT2D eigenvalue weighted by molar-refractivity contribution is 5.91. The van der Waals surface area contributed by atoms with Crippen molar-refractivity contribution in [2.75, 3.05) is 11.4 Å². The lowest BCUT2D eigenvalue weighted by atomic mass is 9.87. The van der Waals surface area contributed by atoms with Crippen LogP contribution in [0.3, 0.4) is 0 Å². The first-order valence-corrected chi connectivity index (χ1v) is 9.98. The zero-order valence-electron chi connectivity index (χ0n) is 17.6. The number of nitriles is 1. The number of fused-ring (bicyclic) bond motifs is 1. The molecule has 0 atom stereocenters. The third-order valence-electron chi connectivity index (χ3n) is 5.40. The van der Waals surface area contributed by atoms with Gasteiger partial charge < -0.3 is 4.90 Å². The molecule has 0 aliphatic carbocycles. The fourth-order valence-electron chi connectivity index (χ4n) is 4.01. The average Bonchev–Trinajstić information content (AvgIpc) is 2.68. The van der Waals surface area contributed by atoms with Gasteiger partial charge in [0.2, 0.25) is 0 Å². The summed E-state index contributed by atoms with van der Waals surface area (Å²) in [7, 11) is 0. The van der Waals surface area contributed by atoms with Crippen LogP contribution in [0.2, 0.25) is 0 Å². The molecule has 0 saturated heterocycles. The Morgan fingerprint density at radius 2 is 1.80 bits per heavy atom. The number of rotatable bonds is 4. The molecule has 0 fully saturated rings. The fourth-order valence-corrected chi connectivity index (χ4v) is 4.01. The predicted molar refractivity (Wildman–Crippen MR) is 117 cm³/mol. The minimum absolute atomic E-state index is 0.0809. The summed E-state index contributed by atoms with van der Waals surface area (Å²) >= 11 is 0. The largest absolute Gasteiger partial charge is 0.416 e. The maximum atomic E-state index is 12.8.